The molecule has 0 aromatic rings. The molecule has 3 unspecified atom stereocenters. The molecule has 4 N–H and O–H groups in total. The van der Waals surface area contributed by atoms with Crippen LogP contribution in [0.25, 0.3) is 0 Å². The van der Waals surface area contributed by atoms with Crippen molar-refractivity contribution in [2.45, 2.75) is 180 Å². The average molecular weight is 851 g/mol. The number of phosphoric acid groups is 2. The van der Waals surface area contributed by atoms with Crippen LogP contribution in [0.4, 0.5) is 0 Å². The second-order valence-electron chi connectivity index (χ2n) is 14.2. The number of phosphoric ester groups is 2. The van der Waals surface area contributed by atoms with Gasteiger partial charge in [-0.1, -0.05) is 133 Å². The molecule has 0 aromatic carbocycles. The van der Waals surface area contributed by atoms with Crippen LogP contribution in [0.1, 0.15) is 168 Å². The van der Waals surface area contributed by atoms with Crippen molar-refractivity contribution in [1.82, 2.24) is 0 Å². The summed E-state index contributed by atoms with van der Waals surface area (Å²) in [6.45, 7) is 1.61. The Balaban J connectivity index is 4.56. The SMILES string of the molecule is CCC=CCC=CCC=CCCCCCCCC(=O)OC(COC(=O)CCCCCCCCCC=CCCCCCC)COP(=O)(O)OCC(O)COP(=O)(O)O. The molecule has 0 radical (unpaired) electrons. The number of hydrogen-bond acceptors (Lipinski definition) is 10. The molecule has 13 nitrogen and oxygen atoms in total. The number of ether oxygens (including phenoxy) is 2. The molecule has 0 fully saturated rings. The van der Waals surface area contributed by atoms with Gasteiger partial charge in [0.05, 0.1) is 19.8 Å². The van der Waals surface area contributed by atoms with E-state index in [0.717, 1.165) is 83.5 Å². The first-order valence-corrected chi connectivity index (χ1v) is 24.4. The van der Waals surface area contributed by atoms with Gasteiger partial charge in [0.15, 0.2) is 6.10 Å². The van der Waals surface area contributed by atoms with E-state index in [2.05, 4.69) is 71.5 Å². The van der Waals surface area contributed by atoms with Gasteiger partial charge in [-0.3, -0.25) is 23.2 Å². The summed E-state index contributed by atoms with van der Waals surface area (Å²) in [6, 6.07) is 0. The highest BCUT2D eigenvalue weighted by atomic mass is 31.2. The lowest BCUT2D eigenvalue weighted by molar-refractivity contribution is -0.161. The Bertz CT molecular complexity index is 1200. The molecule has 15 heteroatoms. The third kappa shape index (κ3) is 42.0. The standard InChI is InChI=1S/C42H76O13P2/c1-3-5-7-9-11-13-15-17-19-21-23-25-27-29-31-33-41(44)51-37-40(38-54-57(49,50)53-36-39(43)35-52-56(46,47)48)55-42(45)34-32-30-28-26-24-22-20-18-16-14-12-10-8-6-4-2/h6,8,12-15,18,20,39-40,43H,3-5,7,9-11,16-17,19,21-38H2,1-2H3,(H,49,50)(H2,46,47,48). The molecule has 0 aliphatic heterocycles. The average Bonchev–Trinajstić information content (AvgIpc) is 3.17. The van der Waals surface area contributed by atoms with Crippen molar-refractivity contribution in [2.75, 3.05) is 26.4 Å². The molecule has 0 bridgehead atoms. The third-order valence-electron chi connectivity index (χ3n) is 8.69. The first kappa shape index (κ1) is 55.1. The predicted molar refractivity (Wildman–Crippen MR) is 225 cm³/mol. The minimum absolute atomic E-state index is 0.110. The Morgan fingerprint density at radius 1 is 0.526 bits per heavy atom. The van der Waals surface area contributed by atoms with Gasteiger partial charge >= 0.3 is 27.6 Å². The van der Waals surface area contributed by atoms with E-state index in [0.29, 0.717) is 12.8 Å². The lowest BCUT2D eigenvalue weighted by Crippen LogP contribution is -2.30. The fourth-order valence-electron chi connectivity index (χ4n) is 5.47. The number of aliphatic hydroxyl groups is 1. The maximum atomic E-state index is 12.6. The van der Waals surface area contributed by atoms with Gasteiger partial charge in [-0.05, 0) is 70.6 Å². The van der Waals surface area contributed by atoms with Crippen LogP contribution >= 0.6 is 15.6 Å². The molecule has 57 heavy (non-hydrogen) atoms. The Morgan fingerprint density at radius 3 is 1.51 bits per heavy atom. The Hall–Kier alpha value is -1.92. The number of carbonyl (C=O) groups is 2. The first-order chi connectivity index (χ1) is 27.4. The van der Waals surface area contributed by atoms with Gasteiger partial charge in [0.2, 0.25) is 0 Å². The largest absolute Gasteiger partial charge is 0.472 e. The molecular formula is C42H76O13P2. The molecule has 3 atom stereocenters. The van der Waals surface area contributed by atoms with E-state index < -0.39 is 66.2 Å². The summed E-state index contributed by atoms with van der Waals surface area (Å²) in [5, 5.41) is 9.74. The second kappa shape index (κ2) is 38.3. The van der Waals surface area contributed by atoms with Gasteiger partial charge in [-0.2, -0.15) is 0 Å². The van der Waals surface area contributed by atoms with Crippen LogP contribution in [0.15, 0.2) is 48.6 Å². The minimum Gasteiger partial charge on any atom is -0.462 e. The number of esters is 2. The number of allylic oxidation sites excluding steroid dienone is 8. The van der Waals surface area contributed by atoms with E-state index in [1.54, 1.807) is 0 Å². The Labute approximate surface area is 343 Å². The fourth-order valence-corrected chi connectivity index (χ4v) is 6.63. The van der Waals surface area contributed by atoms with Crippen molar-refractivity contribution in [3.8, 4) is 0 Å². The number of rotatable bonds is 40. The molecule has 0 saturated heterocycles. The van der Waals surface area contributed by atoms with E-state index >= 15 is 0 Å². The lowest BCUT2D eigenvalue weighted by atomic mass is 10.1. The molecule has 0 aliphatic carbocycles. The second-order valence-corrected chi connectivity index (χ2v) is 16.9. The van der Waals surface area contributed by atoms with Crippen molar-refractivity contribution >= 4 is 27.6 Å². The van der Waals surface area contributed by atoms with Gasteiger partial charge in [0, 0.05) is 12.8 Å². The predicted octanol–water partition coefficient (Wildman–Crippen LogP) is 10.7. The summed E-state index contributed by atoms with van der Waals surface area (Å²) in [6.07, 6.45) is 38.1. The third-order valence-corrected chi connectivity index (χ3v) is 10.1. The summed E-state index contributed by atoms with van der Waals surface area (Å²) in [5.74, 6) is -1.06. The van der Waals surface area contributed by atoms with Crippen LogP contribution in [0, 0.1) is 0 Å². The van der Waals surface area contributed by atoms with Crippen LogP contribution < -0.4 is 0 Å². The first-order valence-electron chi connectivity index (χ1n) is 21.3. The maximum Gasteiger partial charge on any atom is 0.472 e. The van der Waals surface area contributed by atoms with Crippen LogP contribution in [0.5, 0.6) is 0 Å². The molecular weight excluding hydrogens is 774 g/mol. The highest BCUT2D eigenvalue weighted by Crippen LogP contribution is 2.43. The van der Waals surface area contributed by atoms with Crippen LogP contribution in [0.3, 0.4) is 0 Å². The lowest BCUT2D eigenvalue weighted by Gasteiger charge is -2.20. The van der Waals surface area contributed by atoms with Crippen molar-refractivity contribution in [3.05, 3.63) is 48.6 Å². The molecule has 0 spiro atoms. The molecule has 0 saturated carbocycles. The Morgan fingerprint density at radius 2 is 0.965 bits per heavy atom. The smallest absolute Gasteiger partial charge is 0.462 e. The quantitative estimate of drug-likeness (QED) is 0.0197. The summed E-state index contributed by atoms with van der Waals surface area (Å²) < 4.78 is 47.7. The van der Waals surface area contributed by atoms with Crippen molar-refractivity contribution in [3.63, 3.8) is 0 Å². The van der Waals surface area contributed by atoms with E-state index in [4.69, 9.17) is 23.8 Å². The molecule has 332 valence electrons. The number of aliphatic hydroxyl groups excluding tert-OH is 1. The normalized spacial score (nSPS) is 14.6. The number of unbranched alkanes of at least 4 members (excludes halogenated alkanes) is 16. The zero-order chi connectivity index (χ0) is 42.3. The van der Waals surface area contributed by atoms with E-state index in [1.807, 2.05) is 0 Å². The van der Waals surface area contributed by atoms with Crippen LogP contribution in [-0.4, -0.2) is 70.4 Å². The van der Waals surface area contributed by atoms with E-state index in [1.165, 1.54) is 44.9 Å². The van der Waals surface area contributed by atoms with Gasteiger partial charge in [-0.15, -0.1) is 0 Å². The van der Waals surface area contributed by atoms with E-state index in [9.17, 15) is 28.7 Å². The van der Waals surface area contributed by atoms with Crippen molar-refractivity contribution in [1.29, 1.82) is 0 Å². The molecule has 0 heterocycles. The van der Waals surface area contributed by atoms with E-state index in [-0.39, 0.29) is 12.8 Å². The topological polar surface area (TPSA) is 195 Å². The fraction of sp³-hybridized carbons (Fsp3) is 0.762. The molecule has 0 amide bonds. The van der Waals surface area contributed by atoms with Crippen molar-refractivity contribution in [2.24, 2.45) is 0 Å². The Kier molecular flexibility index (Phi) is 37.0. The van der Waals surface area contributed by atoms with Gasteiger partial charge in [0.25, 0.3) is 0 Å². The summed E-state index contributed by atoms with van der Waals surface area (Å²) in [4.78, 5) is 52.6. The molecule has 0 rings (SSSR count). The van der Waals surface area contributed by atoms with Gasteiger partial charge in [-0.25, -0.2) is 9.13 Å². The number of carbonyl (C=O) groups excluding carboxylic acids is 2. The van der Waals surface area contributed by atoms with Crippen molar-refractivity contribution < 1.29 is 61.6 Å². The highest BCUT2D eigenvalue weighted by molar-refractivity contribution is 7.47. The summed E-state index contributed by atoms with van der Waals surface area (Å²) >= 11 is 0. The highest BCUT2D eigenvalue weighted by Gasteiger charge is 2.28. The number of hydrogen-bond donors (Lipinski definition) is 4. The minimum atomic E-state index is -4.86. The van der Waals surface area contributed by atoms with Gasteiger partial charge in [0.1, 0.15) is 12.7 Å². The van der Waals surface area contributed by atoms with Crippen LogP contribution in [-0.2, 0) is 41.8 Å². The van der Waals surface area contributed by atoms with Crippen LogP contribution in [0.2, 0.25) is 0 Å². The summed E-state index contributed by atoms with van der Waals surface area (Å²) in [7, 11) is -9.67. The maximum absolute atomic E-state index is 12.6. The molecule has 0 aromatic heterocycles. The zero-order valence-electron chi connectivity index (χ0n) is 34.9. The summed E-state index contributed by atoms with van der Waals surface area (Å²) in [5.41, 5.74) is 0. The monoisotopic (exact) mass is 850 g/mol. The zero-order valence-corrected chi connectivity index (χ0v) is 36.7. The molecule has 0 aliphatic rings. The van der Waals surface area contributed by atoms with Gasteiger partial charge < -0.3 is 29.3 Å².